The van der Waals surface area contributed by atoms with Gasteiger partial charge in [0.15, 0.2) is 11.5 Å². The van der Waals surface area contributed by atoms with E-state index in [1.807, 2.05) is 51.1 Å². The Morgan fingerprint density at radius 2 is 1.67 bits per heavy atom. The fourth-order valence-corrected chi connectivity index (χ4v) is 6.44. The van der Waals surface area contributed by atoms with Gasteiger partial charge in [-0.15, -0.1) is 0 Å². The highest BCUT2D eigenvalue weighted by Gasteiger charge is 2.35. The summed E-state index contributed by atoms with van der Waals surface area (Å²) in [6.07, 6.45) is 3.00. The molecule has 2 aliphatic rings. The first-order valence-corrected chi connectivity index (χ1v) is 16.0. The van der Waals surface area contributed by atoms with Crippen LogP contribution in [0.2, 0.25) is 0 Å². The highest BCUT2D eigenvalue weighted by molar-refractivity contribution is 5.84. The fourth-order valence-electron chi connectivity index (χ4n) is 6.44. The summed E-state index contributed by atoms with van der Waals surface area (Å²) in [6, 6.07) is 15.8. The van der Waals surface area contributed by atoms with Crippen molar-refractivity contribution in [1.82, 2.24) is 28.9 Å². The number of nitrogen functional groups attached to an aromatic ring is 1. The van der Waals surface area contributed by atoms with Crippen LogP contribution in [-0.4, -0.2) is 79.5 Å². The molecule has 2 aromatic heterocycles. The molecule has 0 radical (unpaired) electrons. The third kappa shape index (κ3) is 6.86. The minimum absolute atomic E-state index is 0.149. The van der Waals surface area contributed by atoms with Gasteiger partial charge < -0.3 is 25.0 Å². The number of hydrogen-bond donors (Lipinski definition) is 1. The number of alkyl halides is 1. The molecule has 0 spiro atoms. The summed E-state index contributed by atoms with van der Waals surface area (Å²) >= 11 is 0. The molecule has 244 valence electrons. The van der Waals surface area contributed by atoms with Crippen molar-refractivity contribution in [3.63, 3.8) is 0 Å². The van der Waals surface area contributed by atoms with Gasteiger partial charge in [0, 0.05) is 26.2 Å². The summed E-state index contributed by atoms with van der Waals surface area (Å²) in [7, 11) is 0. The molecule has 4 heterocycles. The van der Waals surface area contributed by atoms with E-state index < -0.39 is 23.5 Å². The Morgan fingerprint density at radius 1 is 0.978 bits per heavy atom. The van der Waals surface area contributed by atoms with Crippen molar-refractivity contribution in [2.45, 2.75) is 64.3 Å². The van der Waals surface area contributed by atoms with E-state index in [0.717, 1.165) is 25.8 Å². The lowest BCUT2D eigenvalue weighted by molar-refractivity contribution is 0.0172. The number of amides is 1. The van der Waals surface area contributed by atoms with Gasteiger partial charge in [-0.2, -0.15) is 0 Å². The number of imidazole rings is 1. The molecule has 12 heteroatoms. The van der Waals surface area contributed by atoms with Crippen LogP contribution in [0.15, 0.2) is 65.7 Å². The topological polar surface area (TPSA) is 121 Å². The number of anilines is 1. The number of benzene rings is 2. The average Bonchev–Trinajstić information content (AvgIpc) is 3.33. The number of nitrogens with two attached hydrogens (primary N) is 1. The van der Waals surface area contributed by atoms with Gasteiger partial charge in [-0.3, -0.25) is 9.13 Å². The fraction of sp³-hybridized carbons (Fsp3) is 0.471. The molecule has 46 heavy (non-hydrogen) atoms. The predicted octanol–water partition coefficient (Wildman–Crippen LogP) is 5.58. The molecule has 2 saturated heterocycles. The van der Waals surface area contributed by atoms with Crippen molar-refractivity contribution in [3.8, 4) is 17.2 Å². The molecule has 2 fully saturated rings. The van der Waals surface area contributed by atoms with Crippen LogP contribution in [0.1, 0.15) is 52.5 Å². The zero-order valence-electron chi connectivity index (χ0n) is 26.6. The van der Waals surface area contributed by atoms with Gasteiger partial charge in [-0.25, -0.2) is 23.9 Å². The molecule has 1 amide bonds. The van der Waals surface area contributed by atoms with Gasteiger partial charge >= 0.3 is 11.8 Å². The lowest BCUT2D eigenvalue weighted by Gasteiger charge is -2.37. The molecule has 0 saturated carbocycles. The normalized spacial score (nSPS) is 19.8. The zero-order valence-corrected chi connectivity index (χ0v) is 26.6. The van der Waals surface area contributed by atoms with E-state index in [0.29, 0.717) is 60.3 Å². The van der Waals surface area contributed by atoms with Crippen LogP contribution in [0.25, 0.3) is 16.9 Å². The number of nitrogens with zero attached hydrogens (tertiary/aromatic N) is 6. The van der Waals surface area contributed by atoms with Crippen LogP contribution in [0.5, 0.6) is 11.5 Å². The van der Waals surface area contributed by atoms with Gasteiger partial charge in [0.05, 0.1) is 11.7 Å². The number of hydrogen-bond acceptors (Lipinski definition) is 8. The Bertz CT molecular complexity index is 1710. The van der Waals surface area contributed by atoms with Crippen molar-refractivity contribution in [3.05, 3.63) is 71.4 Å². The van der Waals surface area contributed by atoms with Gasteiger partial charge in [-0.1, -0.05) is 18.2 Å². The number of carbonyl (C=O) groups excluding carboxylic acids is 1. The summed E-state index contributed by atoms with van der Waals surface area (Å²) in [6.45, 7) is 8.63. The van der Waals surface area contributed by atoms with E-state index in [9.17, 15) is 9.59 Å². The average molecular weight is 632 g/mol. The van der Waals surface area contributed by atoms with Crippen molar-refractivity contribution in [2.75, 3.05) is 38.5 Å². The minimum Gasteiger partial charge on any atom is -0.457 e. The molecule has 4 aromatic rings. The minimum atomic E-state index is -1.27. The number of para-hydroxylation sites is 1. The van der Waals surface area contributed by atoms with Crippen LogP contribution < -0.4 is 16.2 Å². The number of aromatic nitrogens is 4. The van der Waals surface area contributed by atoms with Crippen molar-refractivity contribution in [1.29, 1.82) is 0 Å². The molecule has 0 aliphatic carbocycles. The lowest BCUT2D eigenvalue weighted by atomic mass is 9.93. The second-order valence-electron chi connectivity index (χ2n) is 13.2. The van der Waals surface area contributed by atoms with Crippen LogP contribution >= 0.6 is 0 Å². The second kappa shape index (κ2) is 13.1. The number of ether oxygens (including phenoxy) is 2. The van der Waals surface area contributed by atoms with Gasteiger partial charge in [0.25, 0.3) is 0 Å². The van der Waals surface area contributed by atoms with Crippen LogP contribution in [-0.2, 0) is 4.74 Å². The van der Waals surface area contributed by atoms with Crippen LogP contribution in [0.3, 0.4) is 0 Å². The van der Waals surface area contributed by atoms with E-state index in [1.54, 1.807) is 29.2 Å². The maximum atomic E-state index is 15.9. The smallest absolute Gasteiger partial charge is 0.410 e. The van der Waals surface area contributed by atoms with Gasteiger partial charge in [0.1, 0.15) is 35.1 Å². The van der Waals surface area contributed by atoms with E-state index in [1.165, 1.54) is 15.5 Å². The molecule has 0 unspecified atom stereocenters. The SMILES string of the molecule is CC(C)(C)OC(=O)N1CCC(CCN2CC[C@@H](n3c(=O)n(-c4ccc(Oc5ccccc5)cc4)c4c(N)ncnc43)[C@@H](F)C2)CC1. The third-order valence-corrected chi connectivity index (χ3v) is 8.80. The molecule has 11 nitrogen and oxygen atoms in total. The monoisotopic (exact) mass is 631 g/mol. The number of rotatable bonds is 7. The van der Waals surface area contributed by atoms with E-state index in [4.69, 9.17) is 15.2 Å². The Kier molecular flexibility index (Phi) is 8.99. The molecule has 2 aromatic carbocycles. The molecular formula is C34H42FN7O4. The number of carbonyl (C=O) groups is 1. The molecule has 2 atom stereocenters. The molecule has 2 N–H and O–H groups in total. The summed E-state index contributed by atoms with van der Waals surface area (Å²) in [5, 5.41) is 0. The van der Waals surface area contributed by atoms with Crippen LogP contribution in [0.4, 0.5) is 15.0 Å². The first kappa shape index (κ1) is 31.5. The quantitative estimate of drug-likeness (QED) is 0.281. The van der Waals surface area contributed by atoms with Crippen LogP contribution in [0, 0.1) is 5.92 Å². The first-order valence-electron chi connectivity index (χ1n) is 16.0. The zero-order chi connectivity index (χ0) is 32.4. The molecule has 2 aliphatic heterocycles. The number of halogens is 1. The number of fused-ring (bicyclic) bond motifs is 1. The lowest BCUT2D eigenvalue weighted by Crippen LogP contribution is -2.46. The van der Waals surface area contributed by atoms with Crippen molar-refractivity contribution in [2.24, 2.45) is 5.92 Å². The molecule has 0 bridgehead atoms. The highest BCUT2D eigenvalue weighted by atomic mass is 19.1. The van der Waals surface area contributed by atoms with Gasteiger partial charge in [0.2, 0.25) is 0 Å². The highest BCUT2D eigenvalue weighted by Crippen LogP contribution is 2.31. The van der Waals surface area contributed by atoms with E-state index >= 15 is 4.39 Å². The molecular weight excluding hydrogens is 589 g/mol. The Hall–Kier alpha value is -4.45. The predicted molar refractivity (Wildman–Crippen MR) is 174 cm³/mol. The Morgan fingerprint density at radius 3 is 2.35 bits per heavy atom. The largest absolute Gasteiger partial charge is 0.457 e. The second-order valence-corrected chi connectivity index (χ2v) is 13.2. The first-order chi connectivity index (χ1) is 22.1. The maximum Gasteiger partial charge on any atom is 0.410 e. The summed E-state index contributed by atoms with van der Waals surface area (Å²) in [4.78, 5) is 38.8. The Labute approximate surface area is 267 Å². The maximum absolute atomic E-state index is 15.9. The van der Waals surface area contributed by atoms with Crippen molar-refractivity contribution < 1.29 is 18.7 Å². The summed E-state index contributed by atoms with van der Waals surface area (Å²) < 4.78 is 30.3. The summed E-state index contributed by atoms with van der Waals surface area (Å²) in [5.41, 5.74) is 6.60. The third-order valence-electron chi connectivity index (χ3n) is 8.80. The Balaban J connectivity index is 1.12. The number of likely N-dealkylation sites (tertiary alicyclic amines) is 2. The van der Waals surface area contributed by atoms with E-state index in [-0.39, 0.29) is 18.5 Å². The number of piperidine rings is 2. The molecule has 6 rings (SSSR count). The van der Waals surface area contributed by atoms with Crippen molar-refractivity contribution >= 4 is 23.1 Å². The van der Waals surface area contributed by atoms with Gasteiger partial charge in [-0.05, 0) is 95.3 Å². The standard InChI is InChI=1S/C34H42FN7O4/c1-34(2,3)46-33(44)40-19-14-23(15-20-40)13-17-39-18-16-28(27(35)21-39)42-31-29(30(36)37-22-38-31)41(32(42)43)24-9-11-26(12-10-24)45-25-7-5-4-6-8-25/h4-12,22-23,27-28H,13-21H2,1-3H3,(H2,36,37,38)/t27-,28+/m0/s1. The summed E-state index contributed by atoms with van der Waals surface area (Å²) in [5.74, 6) is 1.93. The van der Waals surface area contributed by atoms with E-state index in [2.05, 4.69) is 14.9 Å².